The predicted octanol–water partition coefficient (Wildman–Crippen LogP) is 3.64. The Labute approximate surface area is 214 Å². The molecule has 1 atom stereocenters. The Morgan fingerprint density at radius 1 is 1.08 bits per heavy atom. The number of rotatable bonds is 5. The first-order chi connectivity index (χ1) is 17.4. The number of aliphatic imine (C=N–C) groups is 1. The zero-order valence-electron chi connectivity index (χ0n) is 19.8. The zero-order valence-corrected chi connectivity index (χ0v) is 21.4. The van der Waals surface area contributed by atoms with Gasteiger partial charge in [-0.2, -0.15) is 5.10 Å². The van der Waals surface area contributed by atoms with E-state index >= 15 is 0 Å². The van der Waals surface area contributed by atoms with E-state index in [1.54, 1.807) is 39.5 Å². The van der Waals surface area contributed by atoms with Gasteiger partial charge in [-0.3, -0.25) is 4.79 Å². The molecule has 5 rings (SSSR count). The summed E-state index contributed by atoms with van der Waals surface area (Å²) >= 11 is 1.27. The Kier molecular flexibility index (Phi) is 7.15. The average Bonchev–Trinajstić information content (AvgIpc) is 3.34. The van der Waals surface area contributed by atoms with Crippen molar-refractivity contribution in [3.63, 3.8) is 0 Å². The van der Waals surface area contributed by atoms with Crippen LogP contribution in [0.25, 0.3) is 16.7 Å². The van der Waals surface area contributed by atoms with Gasteiger partial charge in [-0.25, -0.2) is 28.2 Å². The number of nitrogens with zero attached hydrogens (tertiary/aromatic N) is 6. The molecule has 1 amide bonds. The van der Waals surface area contributed by atoms with Crippen LogP contribution in [0.3, 0.4) is 0 Å². The lowest BCUT2D eigenvalue weighted by atomic mass is 10.2. The summed E-state index contributed by atoms with van der Waals surface area (Å²) in [5.74, 6) is -0.236. The second-order valence-corrected chi connectivity index (χ2v) is 11.5. The molecule has 0 radical (unpaired) electrons. The molecule has 36 heavy (non-hydrogen) atoms. The van der Waals surface area contributed by atoms with Crippen LogP contribution >= 0.6 is 11.8 Å². The number of thioether (sulfide) groups is 1. The number of aryl methyl sites for hydroxylation is 1. The normalized spacial score (nSPS) is 17.9. The van der Waals surface area contributed by atoms with Crippen LogP contribution in [0.5, 0.6) is 0 Å². The van der Waals surface area contributed by atoms with Crippen LogP contribution in [-0.4, -0.2) is 68.1 Å². The third-order valence-corrected chi connectivity index (χ3v) is 8.94. The molecular weight excluding hydrogens is 496 g/mol. The van der Waals surface area contributed by atoms with Crippen LogP contribution in [0.15, 0.2) is 71.1 Å². The molecule has 11 heteroatoms. The lowest BCUT2D eigenvalue weighted by molar-refractivity contribution is -0.115. The number of allylic oxidation sites excluding steroid dienone is 4. The van der Waals surface area contributed by atoms with Crippen molar-refractivity contribution in [3.8, 4) is 5.69 Å². The Morgan fingerprint density at radius 2 is 1.81 bits per heavy atom. The average molecular weight is 523 g/mol. The van der Waals surface area contributed by atoms with E-state index in [9.17, 15) is 13.6 Å². The summed E-state index contributed by atoms with van der Waals surface area (Å²) in [7, 11) is -3.26. The van der Waals surface area contributed by atoms with Crippen molar-refractivity contribution in [2.75, 3.05) is 18.8 Å². The predicted molar refractivity (Wildman–Crippen MR) is 144 cm³/mol. The molecule has 1 aliphatic heterocycles. The number of amides is 1. The molecule has 0 saturated carbocycles. The van der Waals surface area contributed by atoms with Crippen LogP contribution in [0.2, 0.25) is 0 Å². The Balaban J connectivity index is 1.27. The van der Waals surface area contributed by atoms with E-state index in [4.69, 9.17) is 0 Å². The van der Waals surface area contributed by atoms with Gasteiger partial charge >= 0.3 is 0 Å². The second kappa shape index (κ2) is 10.5. The van der Waals surface area contributed by atoms with Crippen molar-refractivity contribution in [3.05, 3.63) is 66.7 Å². The number of hydrogen-bond acceptors (Lipinski definition) is 6. The molecule has 1 aliphatic carbocycles. The fourth-order valence-electron chi connectivity index (χ4n) is 4.08. The van der Waals surface area contributed by atoms with Crippen molar-refractivity contribution >= 4 is 49.3 Å². The van der Waals surface area contributed by atoms with Gasteiger partial charge in [0.2, 0.25) is 0 Å². The molecule has 1 saturated heterocycles. The van der Waals surface area contributed by atoms with Gasteiger partial charge in [0.25, 0.3) is 5.91 Å². The van der Waals surface area contributed by atoms with E-state index in [0.29, 0.717) is 34.3 Å². The van der Waals surface area contributed by atoms with E-state index in [-0.39, 0.29) is 11.7 Å². The fraction of sp³-hybridized carbons (Fsp3) is 0.280. The molecule has 2 aliphatic rings. The molecule has 0 bridgehead atoms. The second-order valence-electron chi connectivity index (χ2n) is 8.58. The largest absolute Gasteiger partial charge is 0.302 e. The van der Waals surface area contributed by atoms with Gasteiger partial charge in [0.05, 0.1) is 33.6 Å². The van der Waals surface area contributed by atoms with Crippen molar-refractivity contribution < 1.29 is 13.6 Å². The number of carbonyl (C=O) groups excluding carboxylic acids is 1. The van der Waals surface area contributed by atoms with Gasteiger partial charge < -0.3 is 4.55 Å². The van der Waals surface area contributed by atoms with E-state index in [0.717, 1.165) is 35.9 Å². The summed E-state index contributed by atoms with van der Waals surface area (Å²) in [6, 6.07) is 7.98. The van der Waals surface area contributed by atoms with Crippen LogP contribution in [0.1, 0.15) is 24.8 Å². The van der Waals surface area contributed by atoms with Gasteiger partial charge in [-0.05, 0) is 56.2 Å². The fourth-order valence-corrected chi connectivity index (χ4v) is 6.37. The molecule has 1 N–H and O–H groups in total. The van der Waals surface area contributed by atoms with Gasteiger partial charge in [-0.15, -0.1) is 0 Å². The Bertz CT molecular complexity index is 1490. The number of aromatic nitrogens is 4. The van der Waals surface area contributed by atoms with Crippen molar-refractivity contribution in [2.45, 2.75) is 31.2 Å². The Morgan fingerprint density at radius 3 is 2.53 bits per heavy atom. The maximum Gasteiger partial charge on any atom is 0.256 e. The maximum absolute atomic E-state index is 12.9. The summed E-state index contributed by atoms with van der Waals surface area (Å²) in [5.41, 5.74) is 3.16. The molecule has 1 unspecified atom stereocenters. The van der Waals surface area contributed by atoms with Crippen molar-refractivity contribution in [2.24, 2.45) is 4.99 Å². The molecule has 186 valence electrons. The van der Waals surface area contributed by atoms with E-state index < -0.39 is 9.99 Å². The van der Waals surface area contributed by atoms with Crippen LogP contribution < -0.4 is 0 Å². The molecule has 2 aromatic heterocycles. The van der Waals surface area contributed by atoms with Crippen LogP contribution in [0, 0.1) is 6.92 Å². The van der Waals surface area contributed by atoms with Gasteiger partial charge in [0.15, 0.2) is 15.6 Å². The van der Waals surface area contributed by atoms with E-state index in [2.05, 4.69) is 20.1 Å². The van der Waals surface area contributed by atoms with Crippen LogP contribution in [-0.2, 0) is 14.8 Å². The lowest BCUT2D eigenvalue weighted by Gasteiger charge is -2.28. The van der Waals surface area contributed by atoms with Gasteiger partial charge in [-0.1, -0.05) is 35.9 Å². The SMILES string of the molecule is Cc1ccc(-n2ncc3c(SCC(=O)N=C4C=CC(=S(=O)(O)N5CCCCC5)C=C4)ncnc32)cc1. The quantitative estimate of drug-likeness (QED) is 0.309. The minimum atomic E-state index is -3.26. The number of piperidine rings is 1. The molecular formula is C25H26N6O3S2. The summed E-state index contributed by atoms with van der Waals surface area (Å²) in [4.78, 5) is 25.7. The number of carbonyl (C=O) groups is 1. The highest BCUT2D eigenvalue weighted by Crippen LogP contribution is 2.26. The molecule has 0 spiro atoms. The topological polar surface area (TPSA) is 114 Å². The third-order valence-electron chi connectivity index (χ3n) is 6.00. The van der Waals surface area contributed by atoms with Gasteiger partial charge in [0, 0.05) is 13.1 Å². The number of hydrogen-bond donors (Lipinski definition) is 1. The molecule has 1 fully saturated rings. The minimum Gasteiger partial charge on any atom is -0.302 e. The standard InChI is InChI=1S/C25H26N6O3S2/c1-18-5-9-20(10-6-18)31-24-22(15-28-31)25(27-17-26-24)35-16-23(32)29-19-7-11-21(12-8-19)36(33,34)30-13-3-2-4-14-30/h5-12,15,17H,2-4,13-14,16H2,1H3,(H,33,34). The first-order valence-corrected chi connectivity index (χ1v) is 14.1. The third kappa shape index (κ3) is 5.19. The van der Waals surface area contributed by atoms with E-state index in [1.807, 2.05) is 31.2 Å². The Hall–Kier alpha value is -3.12. The highest BCUT2D eigenvalue weighted by molar-refractivity contribution is 8.00. The lowest BCUT2D eigenvalue weighted by Crippen LogP contribution is -2.38. The minimum absolute atomic E-state index is 0.0914. The molecule has 3 aromatic rings. The highest BCUT2D eigenvalue weighted by Gasteiger charge is 2.22. The first kappa shape index (κ1) is 24.6. The maximum atomic E-state index is 12.9. The highest BCUT2D eigenvalue weighted by atomic mass is 32.2. The number of fused-ring (bicyclic) bond motifs is 1. The van der Waals surface area contributed by atoms with Crippen molar-refractivity contribution in [1.29, 1.82) is 0 Å². The first-order valence-electron chi connectivity index (χ1n) is 11.7. The van der Waals surface area contributed by atoms with Gasteiger partial charge in [0.1, 0.15) is 11.4 Å². The summed E-state index contributed by atoms with van der Waals surface area (Å²) in [6.07, 6.45) is 12.4. The molecule has 3 heterocycles. The zero-order chi connectivity index (χ0) is 25.1. The molecule has 1 aromatic carbocycles. The summed E-state index contributed by atoms with van der Waals surface area (Å²) < 4.78 is 26.9. The smallest absolute Gasteiger partial charge is 0.256 e. The van der Waals surface area contributed by atoms with Crippen molar-refractivity contribution in [1.82, 2.24) is 24.1 Å². The molecule has 9 nitrogen and oxygen atoms in total. The summed E-state index contributed by atoms with van der Waals surface area (Å²) in [6.45, 7) is 3.24. The summed E-state index contributed by atoms with van der Waals surface area (Å²) in [5, 5.41) is 5.87. The van der Waals surface area contributed by atoms with E-state index in [1.165, 1.54) is 18.1 Å². The van der Waals surface area contributed by atoms with Crippen LogP contribution in [0.4, 0.5) is 0 Å². The monoisotopic (exact) mass is 522 g/mol. The number of benzene rings is 1.